The van der Waals surface area contributed by atoms with Gasteiger partial charge < -0.3 is 19.9 Å². The van der Waals surface area contributed by atoms with E-state index in [0.717, 1.165) is 38.1 Å². The normalized spacial score (nSPS) is 24.4. The molecule has 2 aliphatic heterocycles. The van der Waals surface area contributed by atoms with Crippen LogP contribution in [0.4, 0.5) is 0 Å². The lowest BCUT2D eigenvalue weighted by Gasteiger charge is -2.36. The molecule has 5 heteroatoms. The number of aryl methyl sites for hydroxylation is 2. The van der Waals surface area contributed by atoms with Crippen LogP contribution in [0.5, 0.6) is 0 Å². The average molecular weight is 373 g/mol. The van der Waals surface area contributed by atoms with Gasteiger partial charge in [-0.25, -0.2) is 0 Å². The Morgan fingerprint density at radius 2 is 2.11 bits per heavy atom. The molecule has 2 saturated heterocycles. The van der Waals surface area contributed by atoms with Crippen molar-refractivity contribution in [1.29, 1.82) is 0 Å². The Hall–Kier alpha value is -1.59. The Balaban J connectivity index is 1.56. The van der Waals surface area contributed by atoms with Crippen LogP contribution in [0.15, 0.2) is 23.2 Å². The summed E-state index contributed by atoms with van der Waals surface area (Å²) >= 11 is 0. The minimum atomic E-state index is 0.115. The number of aliphatic imine (C=N–C) groups is 1. The molecule has 2 unspecified atom stereocenters. The number of hydrogen-bond acceptors (Lipinski definition) is 3. The summed E-state index contributed by atoms with van der Waals surface area (Å²) in [5, 5.41) is 3.63. The van der Waals surface area contributed by atoms with Crippen LogP contribution in [-0.2, 0) is 4.74 Å². The molecule has 3 rings (SSSR count). The summed E-state index contributed by atoms with van der Waals surface area (Å²) in [6.07, 6.45) is 2.65. The molecule has 0 spiro atoms. The first-order valence-electron chi connectivity index (χ1n) is 10.5. The van der Waals surface area contributed by atoms with Crippen molar-refractivity contribution in [2.45, 2.75) is 39.7 Å². The maximum absolute atomic E-state index is 6.10. The number of morpholine rings is 1. The van der Waals surface area contributed by atoms with E-state index >= 15 is 0 Å². The van der Waals surface area contributed by atoms with Crippen LogP contribution in [0.2, 0.25) is 0 Å². The van der Waals surface area contributed by atoms with Gasteiger partial charge >= 0.3 is 0 Å². The maximum atomic E-state index is 6.10. The van der Waals surface area contributed by atoms with Gasteiger partial charge in [-0.15, -0.1) is 0 Å². The summed E-state index contributed by atoms with van der Waals surface area (Å²) in [6, 6.07) is 6.64. The van der Waals surface area contributed by atoms with Crippen LogP contribution < -0.4 is 5.32 Å². The lowest BCUT2D eigenvalue weighted by Crippen LogP contribution is -2.49. The number of benzene rings is 1. The molecule has 2 heterocycles. The van der Waals surface area contributed by atoms with Gasteiger partial charge in [0.05, 0.1) is 13.2 Å². The van der Waals surface area contributed by atoms with E-state index in [2.05, 4.69) is 59.1 Å². The molecule has 0 aliphatic carbocycles. The molecule has 0 bridgehead atoms. The van der Waals surface area contributed by atoms with Gasteiger partial charge in [0.15, 0.2) is 5.96 Å². The molecule has 2 aliphatic rings. The van der Waals surface area contributed by atoms with E-state index < -0.39 is 0 Å². The van der Waals surface area contributed by atoms with Crippen molar-refractivity contribution in [1.82, 2.24) is 15.1 Å². The largest absolute Gasteiger partial charge is 0.370 e. The second-order valence-corrected chi connectivity index (χ2v) is 8.05. The Labute approximate surface area is 164 Å². The molecule has 0 aromatic heterocycles. The summed E-state index contributed by atoms with van der Waals surface area (Å²) in [7, 11) is 1.89. The predicted octanol–water partition coefficient (Wildman–Crippen LogP) is 2.98. The minimum Gasteiger partial charge on any atom is -0.370 e. The van der Waals surface area contributed by atoms with Gasteiger partial charge in [0.1, 0.15) is 6.10 Å². The zero-order chi connectivity index (χ0) is 19.2. The van der Waals surface area contributed by atoms with E-state index in [1.54, 1.807) is 0 Å². The quantitative estimate of drug-likeness (QED) is 0.637. The van der Waals surface area contributed by atoms with Crippen LogP contribution in [-0.4, -0.2) is 68.7 Å². The Morgan fingerprint density at radius 3 is 2.85 bits per heavy atom. The molecule has 150 valence electrons. The fraction of sp³-hybridized carbons (Fsp3) is 0.682. The van der Waals surface area contributed by atoms with Gasteiger partial charge in [-0.05, 0) is 56.8 Å². The Bertz CT molecular complexity index is 645. The molecular formula is C22H36N4O. The number of ether oxygens (including phenoxy) is 1. The number of nitrogens with zero attached hydrogens (tertiary/aromatic N) is 3. The summed E-state index contributed by atoms with van der Waals surface area (Å²) in [5.74, 6) is 1.74. The minimum absolute atomic E-state index is 0.115. The molecule has 1 N–H and O–H groups in total. The number of rotatable bonds is 5. The number of guanidine groups is 1. The number of hydrogen-bond donors (Lipinski definition) is 1. The van der Waals surface area contributed by atoms with Gasteiger partial charge in [-0.2, -0.15) is 0 Å². The molecule has 1 aromatic rings. The van der Waals surface area contributed by atoms with Gasteiger partial charge in [-0.3, -0.25) is 4.99 Å². The highest BCUT2D eigenvalue weighted by Crippen LogP contribution is 2.26. The molecule has 27 heavy (non-hydrogen) atoms. The predicted molar refractivity (Wildman–Crippen MR) is 112 cm³/mol. The standard InChI is InChI=1S/C22H36N4O/c1-5-9-25-10-8-19(15-25)14-24-22(23-4)26-11-12-27-21(16-26)20-7-6-17(2)13-18(20)3/h6-7,13,19,21H,5,8-12,14-16H2,1-4H3,(H,23,24). The van der Waals surface area contributed by atoms with Crippen molar-refractivity contribution in [3.63, 3.8) is 0 Å². The van der Waals surface area contributed by atoms with Gasteiger partial charge in [0.2, 0.25) is 0 Å². The Kier molecular flexibility index (Phi) is 7.13. The molecule has 0 saturated carbocycles. The van der Waals surface area contributed by atoms with Crippen molar-refractivity contribution in [3.8, 4) is 0 Å². The van der Waals surface area contributed by atoms with Crippen molar-refractivity contribution in [2.24, 2.45) is 10.9 Å². The highest BCUT2D eigenvalue weighted by Gasteiger charge is 2.27. The summed E-state index contributed by atoms with van der Waals surface area (Å²) in [4.78, 5) is 9.49. The summed E-state index contributed by atoms with van der Waals surface area (Å²) < 4.78 is 6.10. The fourth-order valence-electron chi connectivity index (χ4n) is 4.38. The Morgan fingerprint density at radius 1 is 1.26 bits per heavy atom. The zero-order valence-electron chi connectivity index (χ0n) is 17.5. The van der Waals surface area contributed by atoms with E-state index in [4.69, 9.17) is 4.74 Å². The van der Waals surface area contributed by atoms with Gasteiger partial charge in [0.25, 0.3) is 0 Å². The number of likely N-dealkylation sites (tertiary alicyclic amines) is 1. The van der Waals surface area contributed by atoms with Crippen molar-refractivity contribution < 1.29 is 4.74 Å². The molecule has 5 nitrogen and oxygen atoms in total. The summed E-state index contributed by atoms with van der Waals surface area (Å²) in [5.41, 5.74) is 3.91. The maximum Gasteiger partial charge on any atom is 0.193 e. The first-order valence-corrected chi connectivity index (χ1v) is 10.5. The van der Waals surface area contributed by atoms with Gasteiger partial charge in [-0.1, -0.05) is 30.7 Å². The topological polar surface area (TPSA) is 40.1 Å². The van der Waals surface area contributed by atoms with Crippen LogP contribution >= 0.6 is 0 Å². The monoisotopic (exact) mass is 372 g/mol. The van der Waals surface area contributed by atoms with Crippen LogP contribution in [0.1, 0.15) is 42.6 Å². The van der Waals surface area contributed by atoms with Crippen LogP contribution in [0.3, 0.4) is 0 Å². The van der Waals surface area contributed by atoms with Crippen molar-refractivity contribution in [3.05, 3.63) is 34.9 Å². The van der Waals surface area contributed by atoms with E-state index in [9.17, 15) is 0 Å². The van der Waals surface area contributed by atoms with E-state index in [-0.39, 0.29) is 6.10 Å². The zero-order valence-corrected chi connectivity index (χ0v) is 17.5. The highest BCUT2D eigenvalue weighted by molar-refractivity contribution is 5.80. The van der Waals surface area contributed by atoms with Crippen molar-refractivity contribution >= 4 is 5.96 Å². The molecule has 1 aromatic carbocycles. The second-order valence-electron chi connectivity index (χ2n) is 8.05. The smallest absolute Gasteiger partial charge is 0.193 e. The average Bonchev–Trinajstić information content (AvgIpc) is 3.10. The summed E-state index contributed by atoms with van der Waals surface area (Å²) in [6.45, 7) is 13.8. The molecular weight excluding hydrogens is 336 g/mol. The lowest BCUT2D eigenvalue weighted by atomic mass is 10.00. The van der Waals surface area contributed by atoms with Crippen LogP contribution in [0.25, 0.3) is 0 Å². The SMILES string of the molecule is CCCN1CCC(CNC(=NC)N2CCOC(c3ccc(C)cc3C)C2)C1. The first-order chi connectivity index (χ1) is 13.1. The third-order valence-corrected chi connectivity index (χ3v) is 5.81. The second kappa shape index (κ2) is 9.56. The molecule has 2 atom stereocenters. The van der Waals surface area contributed by atoms with E-state index in [1.165, 1.54) is 49.2 Å². The van der Waals surface area contributed by atoms with E-state index in [0.29, 0.717) is 0 Å². The first kappa shape index (κ1) is 20.2. The lowest BCUT2D eigenvalue weighted by molar-refractivity contribution is -0.00836. The molecule has 2 fully saturated rings. The van der Waals surface area contributed by atoms with E-state index in [1.807, 2.05) is 7.05 Å². The third-order valence-electron chi connectivity index (χ3n) is 5.81. The third kappa shape index (κ3) is 5.23. The van der Waals surface area contributed by atoms with Crippen molar-refractivity contribution in [2.75, 3.05) is 52.9 Å². The van der Waals surface area contributed by atoms with Crippen LogP contribution in [0, 0.1) is 19.8 Å². The fourth-order valence-corrected chi connectivity index (χ4v) is 4.38. The molecule has 0 amide bonds. The number of nitrogens with one attached hydrogen (secondary N) is 1. The molecule has 0 radical (unpaired) electrons. The highest BCUT2D eigenvalue weighted by atomic mass is 16.5. The van der Waals surface area contributed by atoms with Gasteiger partial charge in [0, 0.05) is 26.7 Å².